The summed E-state index contributed by atoms with van der Waals surface area (Å²) in [7, 11) is 0. The van der Waals surface area contributed by atoms with E-state index in [9.17, 15) is 0 Å². The Hall–Kier alpha value is -9.33. The lowest BCUT2D eigenvalue weighted by Gasteiger charge is -2.16. The molecule has 0 amide bonds. The molecule has 0 bridgehead atoms. The van der Waals surface area contributed by atoms with E-state index >= 15 is 0 Å². The van der Waals surface area contributed by atoms with Crippen molar-refractivity contribution in [2.45, 2.75) is 0 Å². The van der Waals surface area contributed by atoms with Crippen molar-refractivity contribution in [2.24, 2.45) is 0 Å². The van der Waals surface area contributed by atoms with E-state index in [1.165, 1.54) is 16.2 Å². The highest BCUT2D eigenvalue weighted by Crippen LogP contribution is 2.39. The summed E-state index contributed by atoms with van der Waals surface area (Å²) in [6.45, 7) is 0. The molecule has 0 aliphatic carbocycles. The molecule has 0 radical (unpaired) electrons. The van der Waals surface area contributed by atoms with Crippen molar-refractivity contribution in [3.8, 4) is 56.4 Å². The minimum Gasteiger partial charge on any atom is -0.294 e. The summed E-state index contributed by atoms with van der Waals surface area (Å²) in [5.74, 6) is 0.643. The molecule has 0 aliphatic heterocycles. The third kappa shape index (κ3) is 5.96. The van der Waals surface area contributed by atoms with Gasteiger partial charge in [0, 0.05) is 73.2 Å². The van der Waals surface area contributed by atoms with Crippen molar-refractivity contribution in [3.63, 3.8) is 0 Å². The average molecular weight is 868 g/mol. The fourth-order valence-corrected chi connectivity index (χ4v) is 10.3. The Balaban J connectivity index is 0.965. The molecule has 7 heteroatoms. The van der Waals surface area contributed by atoms with Gasteiger partial charge in [-0.2, -0.15) is 0 Å². The van der Waals surface area contributed by atoms with Crippen LogP contribution in [0.1, 0.15) is 0 Å². The van der Waals surface area contributed by atoms with Crippen molar-refractivity contribution in [2.75, 3.05) is 0 Å². The number of rotatable bonds is 6. The van der Waals surface area contributed by atoms with Gasteiger partial charge in [0.15, 0.2) is 5.82 Å². The summed E-state index contributed by atoms with van der Waals surface area (Å²) in [5.41, 5.74) is 13.4. The Kier molecular flexibility index (Phi) is 8.45. The van der Waals surface area contributed by atoms with Crippen molar-refractivity contribution >= 4 is 76.3 Å². The van der Waals surface area contributed by atoms with E-state index in [4.69, 9.17) is 24.9 Å². The van der Waals surface area contributed by atoms with E-state index in [1.54, 1.807) is 0 Å². The van der Waals surface area contributed by atoms with Crippen LogP contribution in [0.5, 0.6) is 0 Å². The molecule has 6 heterocycles. The fourth-order valence-electron chi connectivity index (χ4n) is 10.3. The number of hydrogen-bond donors (Lipinski definition) is 0. The number of nitrogens with zero attached hydrogens (tertiary/aromatic N) is 7. The molecule has 0 N–H and O–H groups in total. The smallest absolute Gasteiger partial charge is 0.160 e. The third-order valence-electron chi connectivity index (χ3n) is 13.4. The van der Waals surface area contributed by atoms with Gasteiger partial charge in [0.1, 0.15) is 11.3 Å². The van der Waals surface area contributed by atoms with Crippen LogP contribution >= 0.6 is 0 Å². The van der Waals surface area contributed by atoms with Gasteiger partial charge >= 0.3 is 0 Å². The van der Waals surface area contributed by atoms with Gasteiger partial charge in [-0.05, 0) is 88.5 Å². The van der Waals surface area contributed by atoms with Crippen molar-refractivity contribution < 1.29 is 0 Å². The topological polar surface area (TPSA) is 74.3 Å². The Morgan fingerprint density at radius 1 is 0.294 bits per heavy atom. The molecular formula is C61H37N7. The maximum absolute atomic E-state index is 5.36. The molecule has 0 spiro atoms. The average Bonchev–Trinajstić information content (AvgIpc) is 3.94. The van der Waals surface area contributed by atoms with E-state index in [2.05, 4.69) is 185 Å². The van der Waals surface area contributed by atoms with E-state index < -0.39 is 0 Å². The molecule has 14 aromatic rings. The van der Waals surface area contributed by atoms with E-state index in [0.29, 0.717) is 5.82 Å². The maximum atomic E-state index is 5.36. The van der Waals surface area contributed by atoms with Crippen LogP contribution in [0.15, 0.2) is 225 Å². The molecule has 6 aromatic heterocycles. The second kappa shape index (κ2) is 15.1. The lowest BCUT2D eigenvalue weighted by atomic mass is 9.95. The summed E-state index contributed by atoms with van der Waals surface area (Å²) < 4.78 is 4.54. The van der Waals surface area contributed by atoms with E-state index in [-0.39, 0.29) is 0 Å². The zero-order chi connectivity index (χ0) is 44.7. The monoisotopic (exact) mass is 867 g/mol. The van der Waals surface area contributed by atoms with Gasteiger partial charge in [0.25, 0.3) is 0 Å². The Labute approximate surface area is 389 Å². The Morgan fingerprint density at radius 3 is 1.40 bits per heavy atom. The molecule has 0 atom stereocenters. The maximum Gasteiger partial charge on any atom is 0.160 e. The molecular weight excluding hydrogens is 831 g/mol. The number of hydrogen-bond acceptors (Lipinski definition) is 5. The largest absolute Gasteiger partial charge is 0.294 e. The molecule has 0 saturated carbocycles. The molecule has 0 fully saturated rings. The van der Waals surface area contributed by atoms with Crippen LogP contribution in [0.2, 0.25) is 0 Å². The molecule has 0 aliphatic rings. The van der Waals surface area contributed by atoms with Crippen molar-refractivity contribution in [3.05, 3.63) is 225 Å². The predicted molar refractivity (Wildman–Crippen MR) is 278 cm³/mol. The summed E-state index contributed by atoms with van der Waals surface area (Å²) >= 11 is 0. The Bertz CT molecular complexity index is 4050. The summed E-state index contributed by atoms with van der Waals surface area (Å²) in [6.07, 6.45) is 5.74. The summed E-state index contributed by atoms with van der Waals surface area (Å²) in [4.78, 5) is 25.7. The lowest BCUT2D eigenvalue weighted by Crippen LogP contribution is -2.02. The molecule has 14 rings (SSSR count). The molecule has 68 heavy (non-hydrogen) atoms. The first-order chi connectivity index (χ1) is 33.7. The molecule has 0 saturated heterocycles. The van der Waals surface area contributed by atoms with Crippen LogP contribution in [0.4, 0.5) is 0 Å². The van der Waals surface area contributed by atoms with Crippen LogP contribution in [0.25, 0.3) is 133 Å². The highest BCUT2D eigenvalue weighted by Gasteiger charge is 2.20. The highest BCUT2D eigenvalue weighted by molar-refractivity contribution is 6.24. The van der Waals surface area contributed by atoms with Gasteiger partial charge in [0.2, 0.25) is 0 Å². The number of fused-ring (bicyclic) bond motifs is 12. The number of aromatic nitrogens is 7. The zero-order valence-electron chi connectivity index (χ0n) is 36.5. The second-order valence-electron chi connectivity index (χ2n) is 17.3. The van der Waals surface area contributed by atoms with Crippen molar-refractivity contribution in [1.82, 2.24) is 34.1 Å². The first-order valence-electron chi connectivity index (χ1n) is 22.8. The van der Waals surface area contributed by atoms with Crippen LogP contribution in [0.3, 0.4) is 0 Å². The normalized spacial score (nSPS) is 11.8. The van der Waals surface area contributed by atoms with E-state index in [1.807, 2.05) is 48.9 Å². The minimum absolute atomic E-state index is 0.643. The summed E-state index contributed by atoms with van der Waals surface area (Å²) in [6, 6.07) is 72.6. The van der Waals surface area contributed by atoms with Crippen LogP contribution < -0.4 is 0 Å². The van der Waals surface area contributed by atoms with Gasteiger partial charge in [-0.15, -0.1) is 0 Å². The van der Waals surface area contributed by atoms with Gasteiger partial charge in [0.05, 0.1) is 39.3 Å². The first-order valence-corrected chi connectivity index (χ1v) is 22.8. The summed E-state index contributed by atoms with van der Waals surface area (Å²) in [5, 5.41) is 10.4. The molecule has 316 valence electrons. The van der Waals surface area contributed by atoms with Gasteiger partial charge in [-0.25, -0.2) is 19.9 Å². The lowest BCUT2D eigenvalue weighted by molar-refractivity contribution is 1.09. The SMILES string of the molecule is c1ccc(-c2nc(-c3ccc(-c4cnc5c6ccccc6c6ccccc6c5c4)cc3)cc(-c3cc(-n4c5ccccc5c5cccnc54)cc(-n4c5ccccc5c5cccnc54)c3)n2)cc1. The number of para-hydroxylation sites is 2. The third-order valence-corrected chi connectivity index (χ3v) is 13.4. The van der Waals surface area contributed by atoms with Gasteiger partial charge in [-0.3, -0.25) is 14.1 Å². The van der Waals surface area contributed by atoms with Crippen LogP contribution in [0, 0.1) is 0 Å². The Morgan fingerprint density at radius 2 is 0.779 bits per heavy atom. The molecule has 7 nitrogen and oxygen atoms in total. The predicted octanol–water partition coefficient (Wildman–Crippen LogP) is 15.0. The first kappa shape index (κ1) is 38.0. The zero-order valence-corrected chi connectivity index (χ0v) is 36.5. The minimum atomic E-state index is 0.643. The van der Waals surface area contributed by atoms with Crippen LogP contribution in [-0.4, -0.2) is 34.1 Å². The van der Waals surface area contributed by atoms with Gasteiger partial charge in [-0.1, -0.05) is 140 Å². The van der Waals surface area contributed by atoms with Crippen LogP contribution in [-0.2, 0) is 0 Å². The number of pyridine rings is 3. The van der Waals surface area contributed by atoms with Crippen molar-refractivity contribution in [1.29, 1.82) is 0 Å². The highest BCUT2D eigenvalue weighted by atomic mass is 15.1. The standard InChI is InChI=1S/C61H37N7/c1-2-14-40(15-3-1)59-65-54(39-28-26-38(27-29-39)42-34-53-47-18-5-4-16-45(47)46-17-6-7-21-50(46)58(53)64-37-42)36-55(66-59)41-32-43(67-56-24-10-8-19-48(56)51-22-12-30-62-60(51)67)35-44(33-41)68-57-25-11-9-20-49(57)52-23-13-31-63-61(52)68/h1-37H. The molecule has 0 unspecified atom stereocenters. The second-order valence-corrected chi connectivity index (χ2v) is 17.3. The van der Waals surface area contributed by atoms with E-state index in [0.717, 1.165) is 111 Å². The molecule has 8 aromatic carbocycles. The number of benzene rings is 8. The fraction of sp³-hybridized carbons (Fsp3) is 0. The van der Waals surface area contributed by atoms with Gasteiger partial charge < -0.3 is 0 Å². The quantitative estimate of drug-likeness (QED) is 0.156.